The Morgan fingerprint density at radius 3 is 2.04 bits per heavy atom. The molecule has 4 nitrogen and oxygen atoms in total. The average molecular weight is 418 g/mol. The van der Waals surface area contributed by atoms with Crippen molar-refractivity contribution in [1.82, 2.24) is 14.9 Å². The van der Waals surface area contributed by atoms with Gasteiger partial charge in [0.1, 0.15) is 0 Å². The summed E-state index contributed by atoms with van der Waals surface area (Å²) < 4.78 is 0.655. The fourth-order valence-electron chi connectivity index (χ4n) is 3.24. The van der Waals surface area contributed by atoms with E-state index in [1.807, 2.05) is 0 Å². The SMILES string of the molecule is CCCCCC(CC)N(C)N(C)/C(CN(CCC)CCC)=C(/Br)C=O. The van der Waals surface area contributed by atoms with E-state index >= 15 is 0 Å². The van der Waals surface area contributed by atoms with Gasteiger partial charge >= 0.3 is 0 Å². The number of nitrogens with zero attached hydrogens (tertiary/aromatic N) is 3. The van der Waals surface area contributed by atoms with Crippen molar-refractivity contribution < 1.29 is 4.79 Å². The summed E-state index contributed by atoms with van der Waals surface area (Å²) in [5.74, 6) is 0. The fraction of sp³-hybridized carbons (Fsp3) is 0.850. The molecule has 0 aliphatic carbocycles. The molecule has 1 unspecified atom stereocenters. The lowest BCUT2D eigenvalue weighted by Gasteiger charge is -2.39. The number of hydrazine groups is 1. The molecular weight excluding hydrogens is 378 g/mol. The third kappa shape index (κ3) is 9.20. The number of carbonyl (C=O) groups is 1. The lowest BCUT2D eigenvalue weighted by molar-refractivity contribution is -0.104. The molecule has 148 valence electrons. The Bertz CT molecular complexity index is 381. The van der Waals surface area contributed by atoms with Gasteiger partial charge in [0.05, 0.1) is 10.2 Å². The molecule has 0 aromatic rings. The second kappa shape index (κ2) is 14.7. The first-order chi connectivity index (χ1) is 12.0. The smallest absolute Gasteiger partial charge is 0.158 e. The van der Waals surface area contributed by atoms with Crippen LogP contribution >= 0.6 is 15.9 Å². The summed E-state index contributed by atoms with van der Waals surface area (Å²) in [5, 5.41) is 4.49. The number of hydrogen-bond donors (Lipinski definition) is 0. The molecule has 0 saturated heterocycles. The monoisotopic (exact) mass is 417 g/mol. The van der Waals surface area contributed by atoms with Gasteiger partial charge in [-0.15, -0.1) is 0 Å². The van der Waals surface area contributed by atoms with Crippen molar-refractivity contribution in [3.8, 4) is 0 Å². The molecule has 0 amide bonds. The molecule has 0 aromatic carbocycles. The van der Waals surface area contributed by atoms with Crippen LogP contribution in [-0.4, -0.2) is 61.0 Å². The first-order valence-corrected chi connectivity index (χ1v) is 10.8. The van der Waals surface area contributed by atoms with Crippen molar-refractivity contribution in [2.75, 3.05) is 33.7 Å². The maximum Gasteiger partial charge on any atom is 0.158 e. The molecular formula is C20H40BrN3O. The van der Waals surface area contributed by atoms with E-state index in [0.29, 0.717) is 10.5 Å². The minimum Gasteiger partial charge on any atom is -0.310 e. The Labute approximate surface area is 164 Å². The van der Waals surface area contributed by atoms with Crippen LogP contribution in [0.5, 0.6) is 0 Å². The van der Waals surface area contributed by atoms with Crippen LogP contribution in [-0.2, 0) is 4.79 Å². The molecule has 0 aliphatic heterocycles. The van der Waals surface area contributed by atoms with Gasteiger partial charge in [0.25, 0.3) is 0 Å². The second-order valence-corrected chi connectivity index (χ2v) is 7.70. The summed E-state index contributed by atoms with van der Waals surface area (Å²) in [6, 6.07) is 0.504. The summed E-state index contributed by atoms with van der Waals surface area (Å²) in [5.41, 5.74) is 1.05. The van der Waals surface area contributed by atoms with Gasteiger partial charge in [-0.2, -0.15) is 0 Å². The molecule has 0 radical (unpaired) electrons. The predicted molar refractivity (Wildman–Crippen MR) is 113 cm³/mol. The molecule has 25 heavy (non-hydrogen) atoms. The summed E-state index contributed by atoms with van der Waals surface area (Å²) in [4.78, 5) is 13.9. The minimum absolute atomic E-state index is 0.504. The number of halogens is 1. The van der Waals surface area contributed by atoms with Crippen molar-refractivity contribution in [1.29, 1.82) is 0 Å². The van der Waals surface area contributed by atoms with Crippen LogP contribution in [0.4, 0.5) is 0 Å². The first kappa shape index (κ1) is 24.6. The maximum absolute atomic E-state index is 11.5. The van der Waals surface area contributed by atoms with Gasteiger partial charge in [-0.05, 0) is 54.7 Å². The van der Waals surface area contributed by atoms with Gasteiger partial charge in [-0.25, -0.2) is 5.01 Å². The van der Waals surface area contributed by atoms with Crippen molar-refractivity contribution in [3.05, 3.63) is 10.2 Å². The zero-order valence-corrected chi connectivity index (χ0v) is 18.9. The molecule has 1 atom stereocenters. The molecule has 0 bridgehead atoms. The van der Waals surface area contributed by atoms with Crippen molar-refractivity contribution in [2.24, 2.45) is 0 Å². The molecule has 0 rings (SSSR count). The van der Waals surface area contributed by atoms with Gasteiger partial charge in [0, 0.05) is 26.7 Å². The minimum atomic E-state index is 0.504. The van der Waals surface area contributed by atoms with Gasteiger partial charge in [0.15, 0.2) is 6.29 Å². The quantitative estimate of drug-likeness (QED) is 0.161. The van der Waals surface area contributed by atoms with Gasteiger partial charge in [-0.3, -0.25) is 9.69 Å². The normalized spacial score (nSPS) is 14.0. The summed E-state index contributed by atoms with van der Waals surface area (Å²) in [6.07, 6.45) is 9.29. The van der Waals surface area contributed by atoms with Gasteiger partial charge in [-0.1, -0.05) is 47.0 Å². The zero-order valence-electron chi connectivity index (χ0n) is 17.4. The van der Waals surface area contributed by atoms with Crippen LogP contribution in [0.2, 0.25) is 0 Å². The Morgan fingerprint density at radius 1 is 1.00 bits per heavy atom. The summed E-state index contributed by atoms with van der Waals surface area (Å²) in [6.45, 7) is 11.8. The highest BCUT2D eigenvalue weighted by atomic mass is 79.9. The number of unbranched alkanes of at least 4 members (excludes halogenated alkanes) is 2. The van der Waals surface area contributed by atoms with Crippen molar-refractivity contribution in [2.45, 2.75) is 78.7 Å². The predicted octanol–water partition coefficient (Wildman–Crippen LogP) is 5.05. The highest BCUT2D eigenvalue weighted by Crippen LogP contribution is 2.21. The number of aldehydes is 1. The van der Waals surface area contributed by atoms with E-state index in [-0.39, 0.29) is 0 Å². The van der Waals surface area contributed by atoms with Crippen LogP contribution in [0, 0.1) is 0 Å². The van der Waals surface area contributed by atoms with Gasteiger partial charge < -0.3 is 5.01 Å². The third-order valence-corrected chi connectivity index (χ3v) is 5.48. The lowest BCUT2D eigenvalue weighted by atomic mass is 10.1. The average Bonchev–Trinajstić information content (AvgIpc) is 2.61. The van der Waals surface area contributed by atoms with Crippen molar-refractivity contribution >= 4 is 22.2 Å². The fourth-order valence-corrected chi connectivity index (χ4v) is 3.62. The zero-order chi connectivity index (χ0) is 19.2. The van der Waals surface area contributed by atoms with E-state index in [2.05, 4.69) is 72.6 Å². The molecule has 0 fully saturated rings. The largest absolute Gasteiger partial charge is 0.310 e. The van der Waals surface area contributed by atoms with Crippen LogP contribution in [0.3, 0.4) is 0 Å². The standard InChI is InChI=1S/C20H40BrN3O/c1-7-11-12-13-18(10-4)22(5)23(6)20(19(21)17-25)16-24(14-8-2)15-9-3/h17-18H,7-16H2,1-6H3/b20-19+. The van der Waals surface area contributed by atoms with Crippen LogP contribution in [0.15, 0.2) is 10.2 Å². The van der Waals surface area contributed by atoms with E-state index < -0.39 is 0 Å². The second-order valence-electron chi connectivity index (χ2n) is 6.84. The van der Waals surface area contributed by atoms with E-state index in [1.165, 1.54) is 25.7 Å². The van der Waals surface area contributed by atoms with E-state index in [1.54, 1.807) is 0 Å². The number of allylic oxidation sites excluding steroid dienone is 1. The molecule has 0 N–H and O–H groups in total. The van der Waals surface area contributed by atoms with Gasteiger partial charge in [0.2, 0.25) is 0 Å². The molecule has 0 saturated carbocycles. The number of rotatable bonds is 15. The third-order valence-electron chi connectivity index (χ3n) is 4.84. The Hall–Kier alpha value is -0.390. The molecule has 5 heteroatoms. The Morgan fingerprint density at radius 2 is 1.60 bits per heavy atom. The maximum atomic E-state index is 11.5. The Balaban J connectivity index is 5.20. The van der Waals surface area contributed by atoms with E-state index in [4.69, 9.17) is 0 Å². The van der Waals surface area contributed by atoms with Crippen LogP contribution < -0.4 is 0 Å². The molecule has 0 aromatic heterocycles. The van der Waals surface area contributed by atoms with Crippen molar-refractivity contribution in [3.63, 3.8) is 0 Å². The topological polar surface area (TPSA) is 26.8 Å². The Kier molecular flexibility index (Phi) is 14.5. The highest BCUT2D eigenvalue weighted by molar-refractivity contribution is 9.12. The number of likely N-dealkylation sites (N-methyl/N-ethyl adjacent to an activating group) is 1. The first-order valence-electron chi connectivity index (χ1n) is 9.99. The summed E-state index contributed by atoms with van der Waals surface area (Å²) >= 11 is 3.49. The van der Waals surface area contributed by atoms with E-state index in [0.717, 1.165) is 50.9 Å². The van der Waals surface area contributed by atoms with E-state index in [9.17, 15) is 4.79 Å². The van der Waals surface area contributed by atoms with Crippen LogP contribution in [0.25, 0.3) is 0 Å². The number of carbonyl (C=O) groups excluding carboxylic acids is 1. The molecule has 0 heterocycles. The lowest BCUT2D eigenvalue weighted by Crippen LogP contribution is -2.46. The molecule has 0 spiro atoms. The summed E-state index contributed by atoms with van der Waals surface area (Å²) in [7, 11) is 4.23. The van der Waals surface area contributed by atoms with Crippen LogP contribution in [0.1, 0.15) is 72.6 Å². The highest BCUT2D eigenvalue weighted by Gasteiger charge is 2.21. The molecule has 0 aliphatic rings. The number of hydrogen-bond acceptors (Lipinski definition) is 4.